The maximum absolute atomic E-state index is 12.0. The van der Waals surface area contributed by atoms with Crippen molar-refractivity contribution >= 4 is 9.84 Å². The highest BCUT2D eigenvalue weighted by atomic mass is 32.2. The summed E-state index contributed by atoms with van der Waals surface area (Å²) in [6.07, 6.45) is -4.82. The van der Waals surface area contributed by atoms with Gasteiger partial charge in [-0.2, -0.15) is 18.4 Å². The summed E-state index contributed by atoms with van der Waals surface area (Å²) < 4.78 is 58.7. The molecule has 0 aliphatic rings. The predicted molar refractivity (Wildman–Crippen MR) is 49.3 cm³/mol. The first-order valence-corrected chi connectivity index (χ1v) is 5.70. The molecule has 0 bridgehead atoms. The molecule has 7 heteroatoms. The van der Waals surface area contributed by atoms with Crippen molar-refractivity contribution in [3.8, 4) is 6.07 Å². The molecule has 0 aliphatic carbocycles. The van der Waals surface area contributed by atoms with Crippen LogP contribution in [-0.4, -0.2) is 20.3 Å². The third kappa shape index (κ3) is 2.97. The van der Waals surface area contributed by atoms with Crippen molar-refractivity contribution in [2.45, 2.75) is 11.1 Å². The highest BCUT2D eigenvalue weighted by Crippen LogP contribution is 2.24. The molecular formula is C9H6F3NO2S. The first-order valence-electron chi connectivity index (χ1n) is 4.05. The molecule has 0 amide bonds. The number of nitrogens with zero attached hydrogens (tertiary/aromatic N) is 1. The third-order valence-corrected chi connectivity index (χ3v) is 3.43. The Bertz CT molecular complexity index is 528. The summed E-state index contributed by atoms with van der Waals surface area (Å²) >= 11 is 0. The van der Waals surface area contributed by atoms with Crippen LogP contribution < -0.4 is 0 Å². The number of alkyl halides is 3. The Kier molecular flexibility index (Phi) is 3.24. The van der Waals surface area contributed by atoms with E-state index in [0.29, 0.717) is 0 Å². The topological polar surface area (TPSA) is 57.9 Å². The standard InChI is InChI=1S/C9H6F3NO2S/c10-9(11,12)6-16(14,15)8-4-2-1-3-7(8)5-13/h1-4H,6H2. The Morgan fingerprint density at radius 3 is 2.31 bits per heavy atom. The largest absolute Gasteiger partial charge is 0.403 e. The average molecular weight is 249 g/mol. The molecule has 1 rings (SSSR count). The van der Waals surface area contributed by atoms with Crippen LogP contribution in [0.1, 0.15) is 5.56 Å². The Morgan fingerprint density at radius 1 is 1.25 bits per heavy atom. The molecule has 1 aromatic rings. The first kappa shape index (κ1) is 12.5. The maximum atomic E-state index is 12.0. The molecular weight excluding hydrogens is 243 g/mol. The highest BCUT2D eigenvalue weighted by molar-refractivity contribution is 7.91. The molecule has 3 nitrogen and oxygen atoms in total. The number of benzene rings is 1. The van der Waals surface area contributed by atoms with Crippen molar-refractivity contribution < 1.29 is 21.6 Å². The van der Waals surface area contributed by atoms with E-state index < -0.39 is 26.7 Å². The molecule has 0 atom stereocenters. The zero-order chi connectivity index (χ0) is 12.4. The third-order valence-electron chi connectivity index (χ3n) is 1.70. The average Bonchev–Trinajstić information content (AvgIpc) is 2.14. The monoisotopic (exact) mass is 249 g/mol. The van der Waals surface area contributed by atoms with Crippen LogP contribution in [0.15, 0.2) is 29.2 Å². The van der Waals surface area contributed by atoms with E-state index >= 15 is 0 Å². The van der Waals surface area contributed by atoms with E-state index in [1.165, 1.54) is 12.1 Å². The second-order valence-electron chi connectivity index (χ2n) is 2.98. The van der Waals surface area contributed by atoms with Crippen LogP contribution in [0.5, 0.6) is 0 Å². The molecule has 86 valence electrons. The quantitative estimate of drug-likeness (QED) is 0.804. The van der Waals surface area contributed by atoms with Crippen LogP contribution in [0, 0.1) is 11.3 Å². The summed E-state index contributed by atoms with van der Waals surface area (Å²) in [5, 5.41) is 8.58. The van der Waals surface area contributed by atoms with E-state index in [-0.39, 0.29) is 5.56 Å². The number of hydrogen-bond acceptors (Lipinski definition) is 3. The second-order valence-corrected chi connectivity index (χ2v) is 4.94. The van der Waals surface area contributed by atoms with E-state index in [2.05, 4.69) is 0 Å². The number of sulfone groups is 1. The Balaban J connectivity index is 3.24. The molecule has 0 saturated heterocycles. The molecule has 0 saturated carbocycles. The molecule has 0 unspecified atom stereocenters. The van der Waals surface area contributed by atoms with Gasteiger partial charge in [0.15, 0.2) is 15.6 Å². The molecule has 1 aromatic carbocycles. The Morgan fingerprint density at radius 2 is 1.81 bits per heavy atom. The highest BCUT2D eigenvalue weighted by Gasteiger charge is 2.36. The second kappa shape index (κ2) is 4.14. The molecule has 0 aliphatic heterocycles. The Hall–Kier alpha value is -1.55. The molecule has 0 fully saturated rings. The lowest BCUT2D eigenvalue weighted by Crippen LogP contribution is -2.23. The van der Waals surface area contributed by atoms with Crippen molar-refractivity contribution in [1.82, 2.24) is 0 Å². The minimum atomic E-state index is -4.82. The molecule has 0 heterocycles. The van der Waals surface area contributed by atoms with Gasteiger partial charge >= 0.3 is 6.18 Å². The lowest BCUT2D eigenvalue weighted by Gasteiger charge is -2.08. The number of rotatable bonds is 2. The molecule has 0 aromatic heterocycles. The van der Waals surface area contributed by atoms with Crippen LogP contribution in [0.3, 0.4) is 0 Å². The molecule has 0 N–H and O–H groups in total. The van der Waals surface area contributed by atoms with E-state index in [4.69, 9.17) is 5.26 Å². The van der Waals surface area contributed by atoms with Gasteiger partial charge in [-0.1, -0.05) is 12.1 Å². The van der Waals surface area contributed by atoms with Gasteiger partial charge in [0.2, 0.25) is 0 Å². The van der Waals surface area contributed by atoms with E-state index in [1.54, 1.807) is 6.07 Å². The number of halogens is 3. The van der Waals surface area contributed by atoms with Gasteiger partial charge in [-0.3, -0.25) is 0 Å². The van der Waals surface area contributed by atoms with E-state index in [9.17, 15) is 21.6 Å². The zero-order valence-corrected chi connectivity index (χ0v) is 8.64. The van der Waals surface area contributed by atoms with Crippen molar-refractivity contribution in [3.63, 3.8) is 0 Å². The van der Waals surface area contributed by atoms with Crippen LogP contribution in [0.2, 0.25) is 0 Å². The van der Waals surface area contributed by atoms with Gasteiger partial charge in [-0.15, -0.1) is 0 Å². The van der Waals surface area contributed by atoms with Crippen LogP contribution >= 0.6 is 0 Å². The normalized spacial score (nSPS) is 12.1. The van der Waals surface area contributed by atoms with Gasteiger partial charge in [0.25, 0.3) is 0 Å². The lowest BCUT2D eigenvalue weighted by atomic mass is 10.2. The van der Waals surface area contributed by atoms with Crippen molar-refractivity contribution in [2.75, 3.05) is 5.75 Å². The molecule has 0 radical (unpaired) electrons. The number of nitriles is 1. The SMILES string of the molecule is N#Cc1ccccc1S(=O)(=O)CC(F)(F)F. The fourth-order valence-corrected chi connectivity index (χ4v) is 2.44. The van der Waals surface area contributed by atoms with Crippen LogP contribution in [0.4, 0.5) is 13.2 Å². The summed E-state index contributed by atoms with van der Waals surface area (Å²) in [5.74, 6) is -1.96. The maximum Gasteiger partial charge on any atom is 0.403 e. The number of hydrogen-bond donors (Lipinski definition) is 0. The van der Waals surface area contributed by atoms with Gasteiger partial charge in [0.1, 0.15) is 6.07 Å². The Labute approximate surface area is 90.0 Å². The summed E-state index contributed by atoms with van der Waals surface area (Å²) in [4.78, 5) is -0.588. The van der Waals surface area contributed by atoms with Crippen molar-refractivity contribution in [1.29, 1.82) is 5.26 Å². The van der Waals surface area contributed by atoms with Crippen LogP contribution in [0.25, 0.3) is 0 Å². The fourth-order valence-electron chi connectivity index (χ4n) is 1.12. The van der Waals surface area contributed by atoms with Crippen molar-refractivity contribution in [3.05, 3.63) is 29.8 Å². The van der Waals surface area contributed by atoms with Crippen LogP contribution in [-0.2, 0) is 9.84 Å². The summed E-state index contributed by atoms with van der Waals surface area (Å²) in [5.41, 5.74) is -0.285. The summed E-state index contributed by atoms with van der Waals surface area (Å²) in [7, 11) is -4.51. The molecule has 16 heavy (non-hydrogen) atoms. The first-order chi connectivity index (χ1) is 7.26. The van der Waals surface area contributed by atoms with Gasteiger partial charge in [-0.25, -0.2) is 8.42 Å². The van der Waals surface area contributed by atoms with E-state index in [1.807, 2.05) is 0 Å². The van der Waals surface area contributed by atoms with Gasteiger partial charge in [0, 0.05) is 0 Å². The minimum absolute atomic E-state index is 0.285. The van der Waals surface area contributed by atoms with Gasteiger partial charge in [-0.05, 0) is 12.1 Å². The van der Waals surface area contributed by atoms with Crippen molar-refractivity contribution in [2.24, 2.45) is 0 Å². The summed E-state index contributed by atoms with van der Waals surface area (Å²) in [6, 6.07) is 6.33. The fraction of sp³-hybridized carbons (Fsp3) is 0.222. The minimum Gasteiger partial charge on any atom is -0.223 e. The lowest BCUT2D eigenvalue weighted by molar-refractivity contribution is -0.106. The predicted octanol–water partition coefficient (Wildman–Crippen LogP) is 1.89. The zero-order valence-electron chi connectivity index (χ0n) is 7.82. The molecule has 0 spiro atoms. The van der Waals surface area contributed by atoms with Gasteiger partial charge < -0.3 is 0 Å². The smallest absolute Gasteiger partial charge is 0.223 e. The summed E-state index contributed by atoms with van der Waals surface area (Å²) in [6.45, 7) is 0. The van der Waals surface area contributed by atoms with E-state index in [0.717, 1.165) is 12.1 Å². The van der Waals surface area contributed by atoms with Gasteiger partial charge in [0.05, 0.1) is 10.5 Å².